The number of allylic oxidation sites excluding steroid dienone is 2. The van der Waals surface area contributed by atoms with Gasteiger partial charge in [-0.15, -0.1) is 0 Å². The molecule has 2 fully saturated rings. The summed E-state index contributed by atoms with van der Waals surface area (Å²) < 4.78 is 10.3. The highest BCUT2D eigenvalue weighted by atomic mass is 16.6. The first-order chi connectivity index (χ1) is 13.8. The lowest BCUT2D eigenvalue weighted by Crippen LogP contribution is -1.99. The van der Waals surface area contributed by atoms with Crippen LogP contribution in [-0.2, 0) is 9.47 Å². The van der Waals surface area contributed by atoms with Crippen molar-refractivity contribution in [2.45, 2.75) is 136 Å². The van der Waals surface area contributed by atoms with E-state index in [2.05, 4.69) is 32.9 Å². The molecule has 3 atom stereocenters. The third kappa shape index (κ3) is 17.7. The van der Waals surface area contributed by atoms with Crippen molar-refractivity contribution in [3.05, 3.63) is 12.2 Å². The lowest BCUT2D eigenvalue weighted by atomic mass is 10.1. The quantitative estimate of drug-likeness (QED) is 0.133. The summed E-state index contributed by atoms with van der Waals surface area (Å²) in [5.41, 5.74) is 0. The molecule has 2 rings (SSSR count). The molecule has 0 aromatic heterocycles. The molecule has 2 aliphatic heterocycles. The van der Waals surface area contributed by atoms with Crippen LogP contribution in [0.3, 0.4) is 0 Å². The van der Waals surface area contributed by atoms with Crippen molar-refractivity contribution in [1.82, 2.24) is 0 Å². The van der Waals surface area contributed by atoms with Crippen LogP contribution in [0, 0.1) is 5.92 Å². The van der Waals surface area contributed by atoms with E-state index in [1.54, 1.807) is 0 Å². The highest BCUT2D eigenvalue weighted by Gasteiger charge is 2.27. The predicted molar refractivity (Wildman–Crippen MR) is 123 cm³/mol. The highest BCUT2D eigenvalue weighted by molar-refractivity contribution is 4.81. The molecule has 0 bridgehead atoms. The minimum atomic E-state index is 0.616. The third-order valence-corrected chi connectivity index (χ3v) is 6.08. The van der Waals surface area contributed by atoms with E-state index in [4.69, 9.17) is 9.47 Å². The van der Waals surface area contributed by atoms with E-state index in [0.29, 0.717) is 12.2 Å². The van der Waals surface area contributed by atoms with Crippen molar-refractivity contribution in [3.63, 3.8) is 0 Å². The average Bonchev–Trinajstić information content (AvgIpc) is 3.61. The second kappa shape index (κ2) is 18.7. The summed E-state index contributed by atoms with van der Waals surface area (Å²) in [4.78, 5) is 0. The van der Waals surface area contributed by atoms with Gasteiger partial charge in [0.25, 0.3) is 0 Å². The van der Waals surface area contributed by atoms with Crippen LogP contribution in [-0.4, -0.2) is 25.4 Å². The fourth-order valence-electron chi connectivity index (χ4n) is 3.50. The van der Waals surface area contributed by atoms with Crippen LogP contribution in [0.25, 0.3) is 0 Å². The van der Waals surface area contributed by atoms with Crippen LogP contribution < -0.4 is 0 Å². The largest absolute Gasteiger partial charge is 0.373 e. The van der Waals surface area contributed by atoms with Gasteiger partial charge in [0.15, 0.2) is 0 Å². The first-order valence-corrected chi connectivity index (χ1v) is 12.7. The minimum absolute atomic E-state index is 0.616. The molecule has 166 valence electrons. The second-order valence-corrected chi connectivity index (χ2v) is 8.94. The Morgan fingerprint density at radius 3 is 1.64 bits per heavy atom. The van der Waals surface area contributed by atoms with E-state index in [9.17, 15) is 0 Å². The minimum Gasteiger partial charge on any atom is -0.373 e. The van der Waals surface area contributed by atoms with E-state index < -0.39 is 0 Å². The van der Waals surface area contributed by atoms with Gasteiger partial charge in [-0.05, 0) is 38.0 Å². The molecule has 0 amide bonds. The normalized spacial score (nSPS) is 21.4. The predicted octanol–water partition coefficient (Wildman–Crippen LogP) is 8.24. The van der Waals surface area contributed by atoms with Gasteiger partial charge < -0.3 is 9.47 Å². The molecule has 2 heterocycles. The molecule has 28 heavy (non-hydrogen) atoms. The first kappa shape index (κ1) is 25.7. The fraction of sp³-hybridized carbons (Fsp3) is 0.923. The van der Waals surface area contributed by atoms with Crippen molar-refractivity contribution in [1.29, 1.82) is 0 Å². The van der Waals surface area contributed by atoms with Crippen molar-refractivity contribution in [2.75, 3.05) is 13.2 Å². The SMILES string of the molecule is CCC(C)C1CO1.CCCCCCCC/C=C\CCCCCCCCC1CO1. The number of ether oxygens (including phenoxy) is 2. The summed E-state index contributed by atoms with van der Waals surface area (Å²) >= 11 is 0. The molecule has 0 N–H and O–H groups in total. The molecular formula is C26H50O2. The smallest absolute Gasteiger partial charge is 0.0835 e. The van der Waals surface area contributed by atoms with E-state index in [-0.39, 0.29) is 0 Å². The molecule has 2 nitrogen and oxygen atoms in total. The zero-order valence-corrected chi connectivity index (χ0v) is 19.4. The second-order valence-electron chi connectivity index (χ2n) is 8.94. The van der Waals surface area contributed by atoms with Crippen molar-refractivity contribution in [2.24, 2.45) is 5.92 Å². The molecule has 0 radical (unpaired) electrons. The van der Waals surface area contributed by atoms with E-state index in [1.165, 1.54) is 103 Å². The number of hydrogen-bond acceptors (Lipinski definition) is 2. The maximum absolute atomic E-state index is 5.23. The lowest BCUT2D eigenvalue weighted by molar-refractivity contribution is 0.337. The fourth-order valence-corrected chi connectivity index (χ4v) is 3.50. The Hall–Kier alpha value is -0.340. The summed E-state index contributed by atoms with van der Waals surface area (Å²) in [5, 5.41) is 0. The Labute approximate surface area is 176 Å². The van der Waals surface area contributed by atoms with Gasteiger partial charge in [0.05, 0.1) is 25.4 Å². The molecule has 0 spiro atoms. The van der Waals surface area contributed by atoms with Crippen LogP contribution in [0.4, 0.5) is 0 Å². The van der Waals surface area contributed by atoms with Crippen molar-refractivity contribution in [3.8, 4) is 0 Å². The standard InChI is InChI=1S/C20H38O.C6H12O/c1-2-3-4-5-6-7-8-9-10-11-12-13-14-15-16-17-18-20-19-21-20;1-3-5(2)6-4-7-6/h9-10,20H,2-8,11-19H2,1H3;5-6H,3-4H2,1-2H3/b10-9-;. The number of unbranched alkanes of at least 4 members (excludes halogenated alkanes) is 12. The van der Waals surface area contributed by atoms with Gasteiger partial charge in [0, 0.05) is 0 Å². The van der Waals surface area contributed by atoms with Gasteiger partial charge >= 0.3 is 0 Å². The summed E-state index contributed by atoms with van der Waals surface area (Å²) in [6, 6.07) is 0. The Balaban J connectivity index is 0.000000467. The molecule has 0 aromatic carbocycles. The molecule has 2 aliphatic rings. The molecule has 2 heteroatoms. The van der Waals surface area contributed by atoms with Gasteiger partial charge in [-0.25, -0.2) is 0 Å². The van der Waals surface area contributed by atoms with Crippen LogP contribution >= 0.6 is 0 Å². The molecule has 0 aliphatic carbocycles. The Morgan fingerprint density at radius 2 is 1.21 bits per heavy atom. The van der Waals surface area contributed by atoms with Crippen LogP contribution in [0.5, 0.6) is 0 Å². The number of rotatable bonds is 18. The average molecular weight is 395 g/mol. The Kier molecular flexibility index (Phi) is 17.1. The van der Waals surface area contributed by atoms with Gasteiger partial charge in [0.1, 0.15) is 0 Å². The zero-order valence-electron chi connectivity index (χ0n) is 19.4. The maximum atomic E-state index is 5.23. The maximum Gasteiger partial charge on any atom is 0.0835 e. The molecular weight excluding hydrogens is 344 g/mol. The van der Waals surface area contributed by atoms with Crippen LogP contribution in [0.1, 0.15) is 124 Å². The molecule has 2 saturated heterocycles. The lowest BCUT2D eigenvalue weighted by Gasteiger charge is -2.00. The van der Waals surface area contributed by atoms with Crippen molar-refractivity contribution >= 4 is 0 Å². The van der Waals surface area contributed by atoms with Gasteiger partial charge in [0.2, 0.25) is 0 Å². The summed E-state index contributed by atoms with van der Waals surface area (Å²) in [6.45, 7) is 8.76. The van der Waals surface area contributed by atoms with Crippen LogP contribution in [0.15, 0.2) is 12.2 Å². The molecule has 0 aromatic rings. The van der Waals surface area contributed by atoms with Gasteiger partial charge in [-0.3, -0.25) is 0 Å². The summed E-state index contributed by atoms with van der Waals surface area (Å²) in [5.74, 6) is 0.792. The topological polar surface area (TPSA) is 25.1 Å². The number of epoxide rings is 2. The van der Waals surface area contributed by atoms with Gasteiger partial charge in [-0.1, -0.05) is 104 Å². The molecule has 3 unspecified atom stereocenters. The van der Waals surface area contributed by atoms with E-state index in [0.717, 1.165) is 19.1 Å². The van der Waals surface area contributed by atoms with Gasteiger partial charge in [-0.2, -0.15) is 0 Å². The Morgan fingerprint density at radius 1 is 0.714 bits per heavy atom. The van der Waals surface area contributed by atoms with E-state index in [1.807, 2.05) is 0 Å². The summed E-state index contributed by atoms with van der Waals surface area (Å²) in [7, 11) is 0. The Bertz CT molecular complexity index is 344. The monoisotopic (exact) mass is 394 g/mol. The highest BCUT2D eigenvalue weighted by Crippen LogP contribution is 2.21. The number of hydrogen-bond donors (Lipinski definition) is 0. The first-order valence-electron chi connectivity index (χ1n) is 12.7. The third-order valence-electron chi connectivity index (χ3n) is 6.08. The zero-order chi connectivity index (χ0) is 20.3. The van der Waals surface area contributed by atoms with Crippen molar-refractivity contribution < 1.29 is 9.47 Å². The molecule has 0 saturated carbocycles. The summed E-state index contributed by atoms with van der Waals surface area (Å²) in [6.07, 6.45) is 28.2. The van der Waals surface area contributed by atoms with Crippen LogP contribution in [0.2, 0.25) is 0 Å². The van der Waals surface area contributed by atoms with E-state index >= 15 is 0 Å².